The lowest BCUT2D eigenvalue weighted by Gasteiger charge is -2.11. The molecule has 2 aromatic rings. The smallest absolute Gasteiger partial charge is 0.271 e. The van der Waals surface area contributed by atoms with E-state index in [1.807, 2.05) is 0 Å². The molecule has 0 aliphatic carbocycles. The second-order valence-corrected chi connectivity index (χ2v) is 5.25. The molecule has 0 bridgehead atoms. The van der Waals surface area contributed by atoms with Crippen LogP contribution in [0.2, 0.25) is 0 Å². The highest BCUT2D eigenvalue weighted by Crippen LogP contribution is 2.19. The van der Waals surface area contributed by atoms with Crippen molar-refractivity contribution in [2.45, 2.75) is 12.5 Å². The van der Waals surface area contributed by atoms with Gasteiger partial charge in [-0.1, -0.05) is 6.07 Å². The third kappa shape index (κ3) is 3.85. The number of nitrogens with one attached hydrogen (secondary N) is 1. The van der Waals surface area contributed by atoms with Gasteiger partial charge >= 0.3 is 0 Å². The van der Waals surface area contributed by atoms with Gasteiger partial charge in [0.1, 0.15) is 6.10 Å². The van der Waals surface area contributed by atoms with Crippen LogP contribution in [0.3, 0.4) is 0 Å². The van der Waals surface area contributed by atoms with Crippen molar-refractivity contribution in [3.63, 3.8) is 0 Å². The molecule has 1 saturated heterocycles. The number of pyridine rings is 1. The van der Waals surface area contributed by atoms with E-state index in [1.165, 1.54) is 24.4 Å². The molecule has 1 atom stereocenters. The fraction of sp³-hybridized carbons (Fsp3) is 0.250. The highest BCUT2D eigenvalue weighted by atomic mass is 16.6. The molecule has 1 fully saturated rings. The van der Waals surface area contributed by atoms with E-state index in [4.69, 9.17) is 9.47 Å². The molecule has 1 aliphatic heterocycles. The molecule has 8 heteroatoms. The van der Waals surface area contributed by atoms with E-state index >= 15 is 0 Å². The Bertz CT molecular complexity index is 742. The van der Waals surface area contributed by atoms with Crippen LogP contribution in [0, 0.1) is 10.1 Å². The minimum absolute atomic E-state index is 0.0120. The normalized spacial score (nSPS) is 16.6. The van der Waals surface area contributed by atoms with Crippen LogP contribution in [0.5, 0.6) is 5.88 Å². The van der Waals surface area contributed by atoms with Gasteiger partial charge in [0, 0.05) is 36.5 Å². The van der Waals surface area contributed by atoms with Crippen molar-refractivity contribution in [3.8, 4) is 5.88 Å². The van der Waals surface area contributed by atoms with Gasteiger partial charge < -0.3 is 14.8 Å². The number of carbonyl (C=O) groups excluding carboxylic acids is 1. The highest BCUT2D eigenvalue weighted by molar-refractivity contribution is 6.04. The predicted molar refractivity (Wildman–Crippen MR) is 85.1 cm³/mol. The Kier molecular flexibility index (Phi) is 4.66. The average Bonchev–Trinajstić information content (AvgIpc) is 3.08. The van der Waals surface area contributed by atoms with Gasteiger partial charge in [-0.05, 0) is 12.1 Å². The lowest BCUT2D eigenvalue weighted by molar-refractivity contribution is -0.384. The Morgan fingerprint density at radius 1 is 1.38 bits per heavy atom. The van der Waals surface area contributed by atoms with Gasteiger partial charge in [0.2, 0.25) is 5.88 Å². The Morgan fingerprint density at radius 3 is 2.92 bits per heavy atom. The summed E-state index contributed by atoms with van der Waals surface area (Å²) >= 11 is 0. The third-order valence-corrected chi connectivity index (χ3v) is 3.49. The molecule has 1 unspecified atom stereocenters. The Balaban J connectivity index is 1.64. The first kappa shape index (κ1) is 15.9. The maximum absolute atomic E-state index is 12.2. The maximum atomic E-state index is 12.2. The van der Waals surface area contributed by atoms with Crippen LogP contribution in [0.15, 0.2) is 42.6 Å². The number of hydrogen-bond donors (Lipinski definition) is 1. The minimum Gasteiger partial charge on any atom is -0.472 e. The molecule has 1 N–H and O–H groups in total. The molecular formula is C16H15N3O5. The van der Waals surface area contributed by atoms with Crippen LogP contribution in [-0.2, 0) is 4.74 Å². The standard InChI is InChI=1S/C16H15N3O5/c20-16(18-12-2-1-3-13(8-12)19(21)22)11-4-5-15(17-9-11)24-14-6-7-23-10-14/h1-5,8-9,14H,6-7,10H2,(H,18,20). The Labute approximate surface area is 137 Å². The van der Waals surface area contributed by atoms with Crippen molar-refractivity contribution >= 4 is 17.3 Å². The van der Waals surface area contributed by atoms with E-state index in [0.717, 1.165) is 6.42 Å². The van der Waals surface area contributed by atoms with Crippen LogP contribution in [0.4, 0.5) is 11.4 Å². The second-order valence-electron chi connectivity index (χ2n) is 5.25. The van der Waals surface area contributed by atoms with E-state index < -0.39 is 10.8 Å². The number of benzene rings is 1. The van der Waals surface area contributed by atoms with Crippen LogP contribution in [0.1, 0.15) is 16.8 Å². The van der Waals surface area contributed by atoms with Crippen LogP contribution >= 0.6 is 0 Å². The fourth-order valence-electron chi connectivity index (χ4n) is 2.26. The number of non-ortho nitro benzene ring substituents is 1. The second kappa shape index (κ2) is 7.05. The Hall–Kier alpha value is -3.00. The van der Waals surface area contributed by atoms with E-state index in [9.17, 15) is 14.9 Å². The summed E-state index contributed by atoms with van der Waals surface area (Å²) in [5.41, 5.74) is 0.586. The number of hydrogen-bond acceptors (Lipinski definition) is 6. The zero-order valence-electron chi connectivity index (χ0n) is 12.7. The van der Waals surface area contributed by atoms with Crippen molar-refractivity contribution < 1.29 is 19.2 Å². The molecule has 0 spiro atoms. The number of ether oxygens (including phenoxy) is 2. The van der Waals surface area contributed by atoms with Crippen molar-refractivity contribution in [3.05, 3.63) is 58.3 Å². The van der Waals surface area contributed by atoms with E-state index in [1.54, 1.807) is 18.2 Å². The van der Waals surface area contributed by atoms with Gasteiger partial charge in [0.15, 0.2) is 0 Å². The van der Waals surface area contributed by atoms with Crippen molar-refractivity contribution in [1.29, 1.82) is 0 Å². The number of nitro groups is 1. The molecule has 1 aromatic carbocycles. The van der Waals surface area contributed by atoms with Gasteiger partial charge in [0.05, 0.1) is 23.7 Å². The molecule has 1 amide bonds. The number of nitro benzene ring substituents is 1. The van der Waals surface area contributed by atoms with Gasteiger partial charge in [-0.25, -0.2) is 4.98 Å². The van der Waals surface area contributed by atoms with Crippen LogP contribution in [0.25, 0.3) is 0 Å². The minimum atomic E-state index is -0.518. The first-order chi connectivity index (χ1) is 11.6. The fourth-order valence-corrected chi connectivity index (χ4v) is 2.26. The first-order valence-corrected chi connectivity index (χ1v) is 7.38. The molecule has 8 nitrogen and oxygen atoms in total. The van der Waals surface area contributed by atoms with E-state index in [0.29, 0.717) is 30.3 Å². The number of rotatable bonds is 5. The van der Waals surface area contributed by atoms with E-state index in [-0.39, 0.29) is 11.8 Å². The predicted octanol–water partition coefficient (Wildman–Crippen LogP) is 2.41. The zero-order chi connectivity index (χ0) is 16.9. The average molecular weight is 329 g/mol. The maximum Gasteiger partial charge on any atom is 0.271 e. The molecule has 124 valence electrons. The highest BCUT2D eigenvalue weighted by Gasteiger charge is 2.18. The monoisotopic (exact) mass is 329 g/mol. The third-order valence-electron chi connectivity index (χ3n) is 3.49. The van der Waals surface area contributed by atoms with Crippen molar-refractivity contribution in [2.24, 2.45) is 0 Å². The van der Waals surface area contributed by atoms with Crippen LogP contribution in [-0.4, -0.2) is 35.1 Å². The van der Waals surface area contributed by atoms with Crippen molar-refractivity contribution in [2.75, 3.05) is 18.5 Å². The number of amides is 1. The lowest BCUT2D eigenvalue weighted by atomic mass is 10.2. The van der Waals surface area contributed by atoms with Gasteiger partial charge in [0.25, 0.3) is 11.6 Å². The summed E-state index contributed by atoms with van der Waals surface area (Å²) in [4.78, 5) is 26.5. The first-order valence-electron chi connectivity index (χ1n) is 7.38. The summed E-state index contributed by atoms with van der Waals surface area (Å²) in [6.07, 6.45) is 2.20. The number of nitrogens with zero attached hydrogens (tertiary/aromatic N) is 2. The molecule has 0 radical (unpaired) electrons. The molecule has 3 rings (SSSR count). The van der Waals surface area contributed by atoms with Gasteiger partial charge in [-0.2, -0.15) is 0 Å². The number of anilines is 1. The van der Waals surface area contributed by atoms with Gasteiger partial charge in [-0.15, -0.1) is 0 Å². The van der Waals surface area contributed by atoms with Gasteiger partial charge in [-0.3, -0.25) is 14.9 Å². The van der Waals surface area contributed by atoms with Crippen LogP contribution < -0.4 is 10.1 Å². The summed E-state index contributed by atoms with van der Waals surface area (Å²) in [6, 6.07) is 8.94. The molecule has 1 aliphatic rings. The quantitative estimate of drug-likeness (QED) is 0.667. The zero-order valence-corrected chi connectivity index (χ0v) is 12.7. The summed E-state index contributed by atoms with van der Waals surface area (Å²) in [5.74, 6) is 0.0242. The molecule has 0 saturated carbocycles. The summed E-state index contributed by atoms with van der Waals surface area (Å²) in [6.45, 7) is 1.21. The molecular weight excluding hydrogens is 314 g/mol. The molecule has 1 aromatic heterocycles. The van der Waals surface area contributed by atoms with E-state index in [2.05, 4.69) is 10.3 Å². The SMILES string of the molecule is O=C(Nc1cccc([N+](=O)[O-])c1)c1ccc(OC2CCOC2)nc1. The lowest BCUT2D eigenvalue weighted by Crippen LogP contribution is -2.17. The molecule has 24 heavy (non-hydrogen) atoms. The summed E-state index contributed by atoms with van der Waals surface area (Å²) < 4.78 is 10.8. The van der Waals surface area contributed by atoms with Crippen molar-refractivity contribution in [1.82, 2.24) is 4.98 Å². The Morgan fingerprint density at radius 2 is 2.25 bits per heavy atom. The summed E-state index contributed by atoms with van der Waals surface area (Å²) in [7, 11) is 0. The topological polar surface area (TPSA) is 104 Å². The molecule has 2 heterocycles. The number of aromatic nitrogens is 1. The largest absolute Gasteiger partial charge is 0.472 e. The summed E-state index contributed by atoms with van der Waals surface area (Å²) in [5, 5.41) is 13.4. The number of carbonyl (C=O) groups is 1.